The van der Waals surface area contributed by atoms with E-state index < -0.39 is 29.5 Å². The van der Waals surface area contributed by atoms with E-state index in [9.17, 15) is 22.4 Å². The Labute approximate surface area is 116 Å². The van der Waals surface area contributed by atoms with E-state index in [-0.39, 0.29) is 11.1 Å². The molecule has 0 saturated carbocycles. The first-order valence-corrected chi connectivity index (χ1v) is 5.66. The van der Waals surface area contributed by atoms with Gasteiger partial charge in [-0.15, -0.1) is 13.2 Å². The topological polar surface area (TPSA) is 46.5 Å². The van der Waals surface area contributed by atoms with Crippen molar-refractivity contribution in [3.8, 4) is 16.9 Å². The average molecular weight is 300 g/mol. The third kappa shape index (κ3) is 3.50. The molecular formula is C14H8F4O3. The molecule has 3 nitrogen and oxygen atoms in total. The van der Waals surface area contributed by atoms with E-state index in [1.165, 1.54) is 18.2 Å². The van der Waals surface area contributed by atoms with Crippen LogP contribution >= 0.6 is 0 Å². The Hall–Kier alpha value is -2.57. The standard InChI is InChI=1S/C14H8F4O3/c15-11-4-2-1-3-9(11)8-5-6-12(21-14(16,17)18)10(7-8)13(19)20/h1-7H,(H,19,20). The van der Waals surface area contributed by atoms with Crippen LogP contribution in [-0.4, -0.2) is 17.4 Å². The smallest absolute Gasteiger partial charge is 0.478 e. The molecule has 0 aliphatic heterocycles. The van der Waals surface area contributed by atoms with Gasteiger partial charge in [0, 0.05) is 5.56 Å². The van der Waals surface area contributed by atoms with Gasteiger partial charge in [-0.1, -0.05) is 24.3 Å². The molecule has 110 valence electrons. The molecule has 21 heavy (non-hydrogen) atoms. The lowest BCUT2D eigenvalue weighted by Gasteiger charge is -2.12. The van der Waals surface area contributed by atoms with E-state index in [4.69, 9.17) is 5.11 Å². The van der Waals surface area contributed by atoms with E-state index >= 15 is 0 Å². The van der Waals surface area contributed by atoms with Gasteiger partial charge in [-0.05, 0) is 23.8 Å². The highest BCUT2D eigenvalue weighted by molar-refractivity contribution is 5.92. The zero-order valence-electron chi connectivity index (χ0n) is 10.3. The molecule has 0 aliphatic rings. The minimum absolute atomic E-state index is 0.0820. The van der Waals surface area contributed by atoms with Crippen LogP contribution < -0.4 is 4.74 Å². The summed E-state index contributed by atoms with van der Waals surface area (Å²) in [7, 11) is 0. The maximum absolute atomic E-state index is 13.6. The van der Waals surface area contributed by atoms with Crippen LogP contribution in [0.25, 0.3) is 11.1 Å². The molecule has 0 unspecified atom stereocenters. The number of aromatic carboxylic acids is 1. The van der Waals surface area contributed by atoms with Crippen molar-refractivity contribution in [2.75, 3.05) is 0 Å². The van der Waals surface area contributed by atoms with Crippen molar-refractivity contribution in [1.82, 2.24) is 0 Å². The first kappa shape index (κ1) is 14.8. The Balaban J connectivity index is 2.51. The second kappa shape index (κ2) is 5.43. The fourth-order valence-corrected chi connectivity index (χ4v) is 1.77. The van der Waals surface area contributed by atoms with Crippen LogP contribution in [0.4, 0.5) is 17.6 Å². The molecule has 0 aromatic heterocycles. The molecule has 0 saturated heterocycles. The van der Waals surface area contributed by atoms with Crippen molar-refractivity contribution in [2.45, 2.75) is 6.36 Å². The van der Waals surface area contributed by atoms with Crippen LogP contribution in [-0.2, 0) is 0 Å². The summed E-state index contributed by atoms with van der Waals surface area (Å²) in [5.74, 6) is -3.07. The van der Waals surface area contributed by atoms with E-state index in [1.54, 1.807) is 0 Å². The molecule has 0 radical (unpaired) electrons. The van der Waals surface area contributed by atoms with Crippen LogP contribution in [0.2, 0.25) is 0 Å². The number of carboxylic acid groups (broad SMARTS) is 1. The largest absolute Gasteiger partial charge is 0.573 e. The Morgan fingerprint density at radius 1 is 1.10 bits per heavy atom. The third-order valence-electron chi connectivity index (χ3n) is 2.62. The Morgan fingerprint density at radius 3 is 2.33 bits per heavy atom. The second-order valence-electron chi connectivity index (χ2n) is 4.04. The van der Waals surface area contributed by atoms with E-state index in [0.29, 0.717) is 0 Å². The second-order valence-corrected chi connectivity index (χ2v) is 4.04. The first-order chi connectivity index (χ1) is 9.78. The van der Waals surface area contributed by atoms with Crippen LogP contribution in [0.1, 0.15) is 10.4 Å². The molecule has 0 bridgehead atoms. The number of carbonyl (C=O) groups is 1. The summed E-state index contributed by atoms with van der Waals surface area (Å²) in [4.78, 5) is 11.0. The predicted molar refractivity (Wildman–Crippen MR) is 65.5 cm³/mol. The summed E-state index contributed by atoms with van der Waals surface area (Å²) < 4.78 is 53.9. The van der Waals surface area contributed by atoms with Crippen LogP contribution in [0.5, 0.6) is 5.75 Å². The highest BCUT2D eigenvalue weighted by Crippen LogP contribution is 2.31. The fourth-order valence-electron chi connectivity index (χ4n) is 1.77. The number of halogens is 4. The normalized spacial score (nSPS) is 11.2. The number of hydrogen-bond donors (Lipinski definition) is 1. The van der Waals surface area contributed by atoms with E-state index in [2.05, 4.69) is 4.74 Å². The number of carboxylic acids is 1. The molecular weight excluding hydrogens is 292 g/mol. The van der Waals surface area contributed by atoms with Gasteiger partial charge in [-0.2, -0.15) is 0 Å². The first-order valence-electron chi connectivity index (χ1n) is 5.66. The minimum Gasteiger partial charge on any atom is -0.478 e. The molecule has 0 fully saturated rings. The molecule has 1 N–H and O–H groups in total. The Bertz CT molecular complexity index is 680. The quantitative estimate of drug-likeness (QED) is 0.868. The number of ether oxygens (including phenoxy) is 1. The monoisotopic (exact) mass is 300 g/mol. The molecule has 0 aliphatic carbocycles. The molecule has 0 amide bonds. The van der Waals surface area contributed by atoms with Crippen LogP contribution in [0, 0.1) is 5.82 Å². The lowest BCUT2D eigenvalue weighted by Crippen LogP contribution is -2.19. The lowest BCUT2D eigenvalue weighted by atomic mass is 10.0. The molecule has 2 aromatic rings. The van der Waals surface area contributed by atoms with Crippen LogP contribution in [0.15, 0.2) is 42.5 Å². The van der Waals surface area contributed by atoms with E-state index in [1.807, 2.05) is 0 Å². The van der Waals surface area contributed by atoms with Gasteiger partial charge in [0.1, 0.15) is 17.1 Å². The van der Waals surface area contributed by atoms with Gasteiger partial charge >= 0.3 is 12.3 Å². The van der Waals surface area contributed by atoms with Crippen molar-refractivity contribution in [3.05, 3.63) is 53.8 Å². The maximum atomic E-state index is 13.6. The van der Waals surface area contributed by atoms with Gasteiger partial charge in [0.15, 0.2) is 0 Å². The zero-order chi connectivity index (χ0) is 15.6. The Morgan fingerprint density at radius 2 is 1.76 bits per heavy atom. The molecule has 2 aromatic carbocycles. The molecule has 0 atom stereocenters. The number of hydrogen-bond acceptors (Lipinski definition) is 2. The SMILES string of the molecule is O=C(O)c1cc(-c2ccccc2F)ccc1OC(F)(F)F. The van der Waals surface area contributed by atoms with Crippen LogP contribution in [0.3, 0.4) is 0 Å². The number of benzene rings is 2. The number of alkyl halides is 3. The van der Waals surface area contributed by atoms with E-state index in [0.717, 1.165) is 24.3 Å². The van der Waals surface area contributed by atoms with Crippen molar-refractivity contribution in [2.24, 2.45) is 0 Å². The highest BCUT2D eigenvalue weighted by atomic mass is 19.4. The summed E-state index contributed by atoms with van der Waals surface area (Å²) in [6.45, 7) is 0. The number of rotatable bonds is 3. The predicted octanol–water partition coefficient (Wildman–Crippen LogP) is 4.09. The molecule has 0 heterocycles. The molecule has 0 spiro atoms. The van der Waals surface area contributed by atoms with Gasteiger partial charge in [-0.25, -0.2) is 9.18 Å². The third-order valence-corrected chi connectivity index (χ3v) is 2.62. The summed E-state index contributed by atoms with van der Waals surface area (Å²) in [6, 6.07) is 8.46. The Kier molecular flexibility index (Phi) is 3.84. The lowest BCUT2D eigenvalue weighted by molar-refractivity contribution is -0.274. The van der Waals surface area contributed by atoms with Gasteiger partial charge < -0.3 is 9.84 Å². The van der Waals surface area contributed by atoms with Gasteiger partial charge in [0.2, 0.25) is 0 Å². The average Bonchev–Trinajstić information content (AvgIpc) is 2.38. The molecule has 7 heteroatoms. The zero-order valence-corrected chi connectivity index (χ0v) is 10.3. The summed E-state index contributed by atoms with van der Waals surface area (Å²) in [6.07, 6.45) is -5.01. The maximum Gasteiger partial charge on any atom is 0.573 e. The summed E-state index contributed by atoms with van der Waals surface area (Å²) in [5.41, 5.74) is -0.480. The van der Waals surface area contributed by atoms with Gasteiger partial charge in [-0.3, -0.25) is 0 Å². The highest BCUT2D eigenvalue weighted by Gasteiger charge is 2.33. The van der Waals surface area contributed by atoms with Crippen molar-refractivity contribution >= 4 is 5.97 Å². The minimum atomic E-state index is -5.01. The van der Waals surface area contributed by atoms with Gasteiger partial charge in [0.25, 0.3) is 0 Å². The summed E-state index contributed by atoms with van der Waals surface area (Å²) >= 11 is 0. The summed E-state index contributed by atoms with van der Waals surface area (Å²) in [5, 5.41) is 8.96. The fraction of sp³-hybridized carbons (Fsp3) is 0.0714. The van der Waals surface area contributed by atoms with Gasteiger partial charge in [0.05, 0.1) is 0 Å². The molecule has 2 rings (SSSR count). The van der Waals surface area contributed by atoms with Crippen molar-refractivity contribution in [1.29, 1.82) is 0 Å². The van der Waals surface area contributed by atoms with Crippen molar-refractivity contribution in [3.63, 3.8) is 0 Å². The van der Waals surface area contributed by atoms with Crippen molar-refractivity contribution < 1.29 is 32.2 Å².